The molecule has 2 aromatic rings. The van der Waals surface area contributed by atoms with E-state index in [1.807, 2.05) is 13.1 Å². The fraction of sp³-hybridized carbons (Fsp3) is 0.471. The number of ether oxygens (including phenoxy) is 1. The largest absolute Gasteiger partial charge is 0.377 e. The van der Waals surface area contributed by atoms with Crippen LogP contribution in [0.5, 0.6) is 0 Å². The van der Waals surface area contributed by atoms with E-state index in [4.69, 9.17) is 9.72 Å². The highest BCUT2D eigenvalue weighted by molar-refractivity contribution is 5.82. The van der Waals surface area contributed by atoms with E-state index in [9.17, 15) is 0 Å². The summed E-state index contributed by atoms with van der Waals surface area (Å²) in [5.41, 5.74) is 2.26. The lowest BCUT2D eigenvalue weighted by Gasteiger charge is -2.43. The van der Waals surface area contributed by atoms with E-state index in [0.29, 0.717) is 0 Å². The highest BCUT2D eigenvalue weighted by Gasteiger charge is 2.32. The fourth-order valence-electron chi connectivity index (χ4n) is 2.95. The number of para-hydroxylation sites is 1. The molecule has 4 heteroatoms. The Morgan fingerprint density at radius 1 is 1.33 bits per heavy atom. The molecule has 1 saturated heterocycles. The molecule has 1 aliphatic rings. The van der Waals surface area contributed by atoms with Gasteiger partial charge in [-0.25, -0.2) is 4.98 Å². The Labute approximate surface area is 126 Å². The second-order valence-corrected chi connectivity index (χ2v) is 6.21. The summed E-state index contributed by atoms with van der Waals surface area (Å²) in [5.74, 6) is 1.08. The van der Waals surface area contributed by atoms with Crippen molar-refractivity contribution in [1.29, 1.82) is 0 Å². The van der Waals surface area contributed by atoms with Gasteiger partial charge in [-0.05, 0) is 33.0 Å². The highest BCUT2D eigenvalue weighted by atomic mass is 16.5. The minimum Gasteiger partial charge on any atom is -0.377 e. The van der Waals surface area contributed by atoms with Crippen LogP contribution in [0.2, 0.25) is 0 Å². The normalized spacial score (nSPS) is 18.1. The number of hydrogen-bond donors (Lipinski definition) is 1. The average Bonchev–Trinajstić information content (AvgIpc) is 2.47. The number of anilines is 1. The highest BCUT2D eigenvalue weighted by Crippen LogP contribution is 2.30. The number of morpholine rings is 1. The first-order valence-corrected chi connectivity index (χ1v) is 7.50. The number of nitrogens with zero attached hydrogens (tertiary/aromatic N) is 2. The first-order valence-electron chi connectivity index (χ1n) is 7.50. The van der Waals surface area contributed by atoms with Gasteiger partial charge in [-0.2, -0.15) is 0 Å². The van der Waals surface area contributed by atoms with Gasteiger partial charge in [0.25, 0.3) is 0 Å². The van der Waals surface area contributed by atoms with Crippen molar-refractivity contribution < 1.29 is 4.74 Å². The Morgan fingerprint density at radius 2 is 2.14 bits per heavy atom. The maximum absolute atomic E-state index is 5.64. The summed E-state index contributed by atoms with van der Waals surface area (Å²) in [6.45, 7) is 7.63. The van der Waals surface area contributed by atoms with Gasteiger partial charge in [0.2, 0.25) is 0 Å². The van der Waals surface area contributed by atoms with Gasteiger partial charge >= 0.3 is 0 Å². The zero-order chi connectivity index (χ0) is 14.9. The number of fused-ring (bicyclic) bond motifs is 1. The molecule has 0 bridgehead atoms. The quantitative estimate of drug-likeness (QED) is 0.940. The standard InChI is InChI=1S/C17H23N3O/c1-17(2)12-21-9-8-20(17)16-14(11-18-3)10-13-6-4-5-7-15(13)19-16/h4-7,10,18H,8-9,11-12H2,1-3H3. The van der Waals surface area contributed by atoms with E-state index in [1.165, 1.54) is 10.9 Å². The number of hydrogen-bond acceptors (Lipinski definition) is 4. The van der Waals surface area contributed by atoms with Gasteiger partial charge in [0.15, 0.2) is 0 Å². The summed E-state index contributed by atoms with van der Waals surface area (Å²) in [4.78, 5) is 7.33. The van der Waals surface area contributed by atoms with Crippen LogP contribution in [0.15, 0.2) is 30.3 Å². The summed E-state index contributed by atoms with van der Waals surface area (Å²) in [6, 6.07) is 10.6. The molecular weight excluding hydrogens is 262 g/mol. The van der Waals surface area contributed by atoms with E-state index >= 15 is 0 Å². The third kappa shape index (κ3) is 2.74. The number of benzene rings is 1. The first kappa shape index (κ1) is 14.3. The van der Waals surface area contributed by atoms with Crippen LogP contribution in [-0.2, 0) is 11.3 Å². The monoisotopic (exact) mass is 285 g/mol. The molecule has 4 nitrogen and oxygen atoms in total. The third-order valence-electron chi connectivity index (χ3n) is 4.05. The number of aromatic nitrogens is 1. The fourth-order valence-corrected chi connectivity index (χ4v) is 2.95. The van der Waals surface area contributed by atoms with Crippen molar-refractivity contribution in [3.8, 4) is 0 Å². The maximum atomic E-state index is 5.64. The van der Waals surface area contributed by atoms with Crippen molar-refractivity contribution in [1.82, 2.24) is 10.3 Å². The van der Waals surface area contributed by atoms with Crippen LogP contribution in [0.1, 0.15) is 19.4 Å². The third-order valence-corrected chi connectivity index (χ3v) is 4.05. The van der Waals surface area contributed by atoms with Gasteiger partial charge < -0.3 is 15.0 Å². The molecule has 0 atom stereocenters. The summed E-state index contributed by atoms with van der Waals surface area (Å²) in [6.07, 6.45) is 0. The molecule has 0 unspecified atom stereocenters. The topological polar surface area (TPSA) is 37.4 Å². The van der Waals surface area contributed by atoms with Crippen molar-refractivity contribution >= 4 is 16.7 Å². The Hall–Kier alpha value is -1.65. The van der Waals surface area contributed by atoms with Crippen LogP contribution in [0.25, 0.3) is 10.9 Å². The molecule has 0 aliphatic carbocycles. The molecule has 0 radical (unpaired) electrons. The van der Waals surface area contributed by atoms with Gasteiger partial charge in [0.1, 0.15) is 5.82 Å². The number of nitrogens with one attached hydrogen (secondary N) is 1. The number of rotatable bonds is 3. The average molecular weight is 285 g/mol. The number of pyridine rings is 1. The molecule has 0 saturated carbocycles. The molecule has 21 heavy (non-hydrogen) atoms. The lowest BCUT2D eigenvalue weighted by atomic mass is 10.0. The minimum atomic E-state index is -0.0315. The smallest absolute Gasteiger partial charge is 0.134 e. The molecule has 3 rings (SSSR count). The zero-order valence-corrected chi connectivity index (χ0v) is 13.0. The first-order chi connectivity index (χ1) is 10.1. The molecular formula is C17H23N3O. The van der Waals surface area contributed by atoms with Crippen molar-refractivity contribution in [2.75, 3.05) is 31.7 Å². The summed E-state index contributed by atoms with van der Waals surface area (Å²) in [5, 5.41) is 4.45. The van der Waals surface area contributed by atoms with Crippen LogP contribution in [0.3, 0.4) is 0 Å². The lowest BCUT2D eigenvalue weighted by molar-refractivity contribution is 0.0638. The zero-order valence-electron chi connectivity index (χ0n) is 13.0. The van der Waals surface area contributed by atoms with E-state index in [2.05, 4.69) is 48.3 Å². The van der Waals surface area contributed by atoms with Gasteiger partial charge in [0.05, 0.1) is 24.3 Å². The Morgan fingerprint density at radius 3 is 2.90 bits per heavy atom. The Kier molecular flexibility index (Phi) is 3.83. The van der Waals surface area contributed by atoms with Crippen molar-refractivity contribution in [2.24, 2.45) is 0 Å². The summed E-state index contributed by atoms with van der Waals surface area (Å²) in [7, 11) is 1.98. The SMILES string of the molecule is CNCc1cc2ccccc2nc1N1CCOCC1(C)C. The molecule has 1 aromatic carbocycles. The van der Waals surface area contributed by atoms with Crippen LogP contribution < -0.4 is 10.2 Å². The molecule has 1 aliphatic heterocycles. The Bertz CT molecular complexity index is 639. The lowest BCUT2D eigenvalue weighted by Crippen LogP contribution is -2.54. The molecule has 2 heterocycles. The molecule has 112 valence electrons. The second-order valence-electron chi connectivity index (χ2n) is 6.21. The Balaban J connectivity index is 2.12. The van der Waals surface area contributed by atoms with Crippen LogP contribution in [0, 0.1) is 0 Å². The van der Waals surface area contributed by atoms with Gasteiger partial charge in [0, 0.05) is 24.0 Å². The maximum Gasteiger partial charge on any atom is 0.134 e. The predicted molar refractivity (Wildman–Crippen MR) is 86.8 cm³/mol. The van der Waals surface area contributed by atoms with E-state index in [0.717, 1.165) is 37.6 Å². The molecule has 0 amide bonds. The molecule has 1 fully saturated rings. The van der Waals surface area contributed by atoms with Crippen LogP contribution in [0.4, 0.5) is 5.82 Å². The van der Waals surface area contributed by atoms with Crippen molar-refractivity contribution in [3.63, 3.8) is 0 Å². The van der Waals surface area contributed by atoms with Crippen LogP contribution >= 0.6 is 0 Å². The van der Waals surface area contributed by atoms with E-state index in [-0.39, 0.29) is 5.54 Å². The molecule has 1 N–H and O–H groups in total. The summed E-state index contributed by atoms with van der Waals surface area (Å²) < 4.78 is 5.64. The predicted octanol–water partition coefficient (Wildman–Crippen LogP) is 2.57. The molecule has 1 aromatic heterocycles. The van der Waals surface area contributed by atoms with Gasteiger partial charge in [-0.3, -0.25) is 0 Å². The van der Waals surface area contributed by atoms with Gasteiger partial charge in [-0.1, -0.05) is 18.2 Å². The van der Waals surface area contributed by atoms with E-state index < -0.39 is 0 Å². The van der Waals surface area contributed by atoms with Crippen LogP contribution in [-0.4, -0.2) is 37.3 Å². The molecule has 0 spiro atoms. The second kappa shape index (κ2) is 5.62. The minimum absolute atomic E-state index is 0.0315. The van der Waals surface area contributed by atoms with E-state index in [1.54, 1.807) is 0 Å². The van der Waals surface area contributed by atoms with Gasteiger partial charge in [-0.15, -0.1) is 0 Å². The summed E-state index contributed by atoms with van der Waals surface area (Å²) >= 11 is 0. The van der Waals surface area contributed by atoms with Crippen molar-refractivity contribution in [3.05, 3.63) is 35.9 Å². The van der Waals surface area contributed by atoms with Crippen molar-refractivity contribution in [2.45, 2.75) is 25.9 Å².